The van der Waals surface area contributed by atoms with Gasteiger partial charge >= 0.3 is 0 Å². The SMILES string of the molecule is COc1ccc(-c2csc3nc(NC(=O)CCCC(=O)c4ccccc4)nn23)cc1. The summed E-state index contributed by atoms with van der Waals surface area (Å²) in [5, 5.41) is 9.10. The summed E-state index contributed by atoms with van der Waals surface area (Å²) in [4.78, 5) is 29.4. The van der Waals surface area contributed by atoms with Gasteiger partial charge in [-0.2, -0.15) is 4.98 Å². The number of aromatic nitrogens is 3. The lowest BCUT2D eigenvalue weighted by Gasteiger charge is -2.02. The average Bonchev–Trinajstić information content (AvgIpc) is 3.34. The zero-order valence-electron chi connectivity index (χ0n) is 16.4. The molecule has 0 bridgehead atoms. The number of methoxy groups -OCH3 is 1. The summed E-state index contributed by atoms with van der Waals surface area (Å²) in [7, 11) is 1.63. The van der Waals surface area contributed by atoms with Gasteiger partial charge in [0.05, 0.1) is 12.8 Å². The number of carbonyl (C=O) groups excluding carboxylic acids is 2. The average molecular weight is 420 g/mol. The van der Waals surface area contributed by atoms with Gasteiger partial charge in [0.15, 0.2) is 5.78 Å². The number of thiazole rings is 1. The fraction of sp³-hybridized carbons (Fsp3) is 0.182. The van der Waals surface area contributed by atoms with Crippen molar-refractivity contribution in [1.29, 1.82) is 0 Å². The van der Waals surface area contributed by atoms with Crippen molar-refractivity contribution in [3.63, 3.8) is 0 Å². The molecule has 0 unspecified atom stereocenters. The molecule has 0 atom stereocenters. The summed E-state index contributed by atoms with van der Waals surface area (Å²) < 4.78 is 6.90. The van der Waals surface area contributed by atoms with Crippen molar-refractivity contribution in [2.45, 2.75) is 19.3 Å². The monoisotopic (exact) mass is 420 g/mol. The highest BCUT2D eigenvalue weighted by molar-refractivity contribution is 7.15. The Kier molecular flexibility index (Phi) is 5.85. The number of benzene rings is 2. The van der Waals surface area contributed by atoms with Gasteiger partial charge in [-0.15, -0.1) is 16.4 Å². The number of ether oxygens (including phenoxy) is 1. The van der Waals surface area contributed by atoms with E-state index in [9.17, 15) is 9.59 Å². The first-order valence-corrected chi connectivity index (χ1v) is 10.4. The minimum absolute atomic E-state index is 0.0353. The van der Waals surface area contributed by atoms with Crippen molar-refractivity contribution in [3.05, 3.63) is 65.5 Å². The number of hydrogen-bond donors (Lipinski definition) is 1. The Labute approximate surface area is 177 Å². The molecule has 0 fully saturated rings. The Balaban J connectivity index is 1.36. The van der Waals surface area contributed by atoms with Crippen LogP contribution < -0.4 is 10.1 Å². The van der Waals surface area contributed by atoms with Crippen molar-refractivity contribution in [2.24, 2.45) is 0 Å². The van der Waals surface area contributed by atoms with E-state index < -0.39 is 0 Å². The van der Waals surface area contributed by atoms with Crippen LogP contribution in [0, 0.1) is 0 Å². The van der Waals surface area contributed by atoms with Crippen molar-refractivity contribution >= 4 is 33.9 Å². The molecular weight excluding hydrogens is 400 g/mol. The lowest BCUT2D eigenvalue weighted by molar-refractivity contribution is -0.116. The molecule has 0 radical (unpaired) electrons. The van der Waals surface area contributed by atoms with E-state index >= 15 is 0 Å². The molecule has 2 heterocycles. The molecule has 7 nitrogen and oxygen atoms in total. The molecule has 30 heavy (non-hydrogen) atoms. The van der Waals surface area contributed by atoms with Crippen LogP contribution >= 0.6 is 11.3 Å². The van der Waals surface area contributed by atoms with Crippen molar-refractivity contribution < 1.29 is 14.3 Å². The van der Waals surface area contributed by atoms with E-state index in [1.54, 1.807) is 23.8 Å². The normalized spacial score (nSPS) is 10.8. The predicted molar refractivity (Wildman–Crippen MR) is 116 cm³/mol. The summed E-state index contributed by atoms with van der Waals surface area (Å²) in [6.45, 7) is 0. The highest BCUT2D eigenvalue weighted by Crippen LogP contribution is 2.27. The molecule has 0 aliphatic heterocycles. The third-order valence-electron chi connectivity index (χ3n) is 4.62. The maximum absolute atomic E-state index is 12.2. The standard InChI is InChI=1S/C22H20N4O3S/c1-29-17-12-10-15(11-13-17)18-14-30-22-24-21(25-26(18)22)23-20(28)9-5-8-19(27)16-6-3-2-4-7-16/h2-4,6-7,10-14H,5,8-9H2,1H3,(H,23,25,28). The number of hydrogen-bond acceptors (Lipinski definition) is 6. The van der Waals surface area contributed by atoms with E-state index in [1.807, 2.05) is 47.8 Å². The minimum atomic E-state index is -0.208. The topological polar surface area (TPSA) is 85.6 Å². The molecule has 4 aromatic rings. The van der Waals surface area contributed by atoms with Crippen LogP contribution in [0.1, 0.15) is 29.6 Å². The van der Waals surface area contributed by atoms with Gasteiger partial charge in [-0.3, -0.25) is 14.9 Å². The molecule has 0 aliphatic rings. The molecule has 0 saturated carbocycles. The Hall–Kier alpha value is -3.52. The molecule has 4 rings (SSSR count). The van der Waals surface area contributed by atoms with Gasteiger partial charge in [0.2, 0.25) is 16.8 Å². The number of carbonyl (C=O) groups is 2. The van der Waals surface area contributed by atoms with Crippen molar-refractivity contribution in [3.8, 4) is 17.0 Å². The lowest BCUT2D eigenvalue weighted by atomic mass is 10.1. The van der Waals surface area contributed by atoms with E-state index in [1.165, 1.54) is 11.3 Å². The van der Waals surface area contributed by atoms with Gasteiger partial charge in [0.25, 0.3) is 0 Å². The summed E-state index contributed by atoms with van der Waals surface area (Å²) in [5.41, 5.74) is 2.53. The highest BCUT2D eigenvalue weighted by atomic mass is 32.1. The smallest absolute Gasteiger partial charge is 0.250 e. The molecule has 2 aromatic heterocycles. The second-order valence-electron chi connectivity index (χ2n) is 6.67. The summed E-state index contributed by atoms with van der Waals surface area (Å²) in [6.07, 6.45) is 1.03. The zero-order valence-corrected chi connectivity index (χ0v) is 17.2. The molecule has 2 aromatic carbocycles. The van der Waals surface area contributed by atoms with Crippen LogP contribution in [0.25, 0.3) is 16.2 Å². The number of ketones is 1. The number of nitrogens with zero attached hydrogens (tertiary/aromatic N) is 3. The van der Waals surface area contributed by atoms with Gasteiger partial charge in [0, 0.05) is 29.3 Å². The maximum Gasteiger partial charge on any atom is 0.250 e. The molecule has 1 N–H and O–H groups in total. The van der Waals surface area contributed by atoms with Gasteiger partial charge in [-0.1, -0.05) is 30.3 Å². The van der Waals surface area contributed by atoms with Crippen LogP contribution in [-0.2, 0) is 4.79 Å². The summed E-state index contributed by atoms with van der Waals surface area (Å²) in [6, 6.07) is 16.8. The molecule has 8 heteroatoms. The minimum Gasteiger partial charge on any atom is -0.497 e. The predicted octanol–water partition coefficient (Wildman–Crippen LogP) is 4.46. The van der Waals surface area contributed by atoms with Crippen LogP contribution in [0.3, 0.4) is 0 Å². The Morgan fingerprint density at radius 3 is 2.57 bits per heavy atom. The number of rotatable bonds is 8. The van der Waals surface area contributed by atoms with Gasteiger partial charge in [-0.25, -0.2) is 4.52 Å². The first kappa shape index (κ1) is 19.8. The first-order valence-electron chi connectivity index (χ1n) is 9.51. The molecule has 1 amide bonds. The molecule has 0 saturated heterocycles. The Morgan fingerprint density at radius 1 is 1.07 bits per heavy atom. The van der Waals surface area contributed by atoms with Crippen LogP contribution in [-0.4, -0.2) is 33.4 Å². The second-order valence-corrected chi connectivity index (χ2v) is 7.51. The third kappa shape index (κ3) is 4.38. The summed E-state index contributed by atoms with van der Waals surface area (Å²) in [5.74, 6) is 0.867. The molecule has 0 aliphatic carbocycles. The van der Waals surface area contributed by atoms with Crippen LogP contribution in [0.5, 0.6) is 5.75 Å². The fourth-order valence-corrected chi connectivity index (χ4v) is 3.89. The maximum atomic E-state index is 12.2. The number of nitrogens with one attached hydrogen (secondary N) is 1. The number of Topliss-reactive ketones (excluding diaryl/α,β-unsaturated/α-hetero) is 1. The largest absolute Gasteiger partial charge is 0.497 e. The Morgan fingerprint density at radius 2 is 1.83 bits per heavy atom. The van der Waals surface area contributed by atoms with E-state index in [0.717, 1.165) is 17.0 Å². The second kappa shape index (κ2) is 8.87. The highest BCUT2D eigenvalue weighted by Gasteiger charge is 2.14. The van der Waals surface area contributed by atoms with Crippen molar-refractivity contribution in [1.82, 2.24) is 14.6 Å². The van der Waals surface area contributed by atoms with Gasteiger partial charge in [-0.05, 0) is 30.7 Å². The van der Waals surface area contributed by atoms with Crippen LogP contribution in [0.2, 0.25) is 0 Å². The number of fused-ring (bicyclic) bond motifs is 1. The molecular formula is C22H20N4O3S. The molecule has 152 valence electrons. The number of amides is 1. The quantitative estimate of drug-likeness (QED) is 0.426. The van der Waals surface area contributed by atoms with Crippen molar-refractivity contribution in [2.75, 3.05) is 12.4 Å². The van der Waals surface area contributed by atoms with E-state index in [0.29, 0.717) is 23.4 Å². The fourth-order valence-electron chi connectivity index (χ4n) is 3.06. The zero-order chi connectivity index (χ0) is 20.9. The van der Waals surface area contributed by atoms with E-state index in [2.05, 4.69) is 15.4 Å². The number of anilines is 1. The van der Waals surface area contributed by atoms with Gasteiger partial charge < -0.3 is 4.74 Å². The first-order chi connectivity index (χ1) is 14.6. The van der Waals surface area contributed by atoms with Crippen LogP contribution in [0.4, 0.5) is 5.95 Å². The van der Waals surface area contributed by atoms with E-state index in [-0.39, 0.29) is 24.1 Å². The van der Waals surface area contributed by atoms with E-state index in [4.69, 9.17) is 4.74 Å². The molecule has 0 spiro atoms. The summed E-state index contributed by atoms with van der Waals surface area (Å²) >= 11 is 1.45. The Bertz CT molecular complexity index is 1170. The van der Waals surface area contributed by atoms with Gasteiger partial charge in [0.1, 0.15) is 5.75 Å². The van der Waals surface area contributed by atoms with Crippen LogP contribution in [0.15, 0.2) is 60.0 Å². The third-order valence-corrected chi connectivity index (χ3v) is 5.44. The lowest BCUT2D eigenvalue weighted by Crippen LogP contribution is -2.13.